The zero-order chi connectivity index (χ0) is 17.8. The molecular weight excluding hydrogens is 314 g/mol. The van der Waals surface area contributed by atoms with E-state index in [1.165, 1.54) is 12.5 Å². The summed E-state index contributed by atoms with van der Waals surface area (Å²) in [5.74, 6) is -0.131. The Bertz CT molecular complexity index is 867. The van der Waals surface area contributed by atoms with Crippen molar-refractivity contribution in [3.05, 3.63) is 59.2 Å². The average Bonchev–Trinajstić information content (AvgIpc) is 2.65. The van der Waals surface area contributed by atoms with Crippen LogP contribution in [0.2, 0.25) is 0 Å². The highest BCUT2D eigenvalue weighted by atomic mass is 16.2. The number of ketones is 1. The Morgan fingerprint density at radius 3 is 2.80 bits per heavy atom. The second-order valence-corrected chi connectivity index (χ2v) is 6.06. The van der Waals surface area contributed by atoms with Gasteiger partial charge in [0, 0.05) is 17.8 Å². The van der Waals surface area contributed by atoms with Gasteiger partial charge in [-0.15, -0.1) is 0 Å². The smallest absolute Gasteiger partial charge is 0.246 e. The zero-order valence-corrected chi connectivity index (χ0v) is 14.1. The molecule has 1 amide bonds. The van der Waals surface area contributed by atoms with E-state index < -0.39 is 0 Å². The lowest BCUT2D eigenvalue weighted by Crippen LogP contribution is -2.39. The first-order valence-electron chi connectivity index (χ1n) is 8.27. The summed E-state index contributed by atoms with van der Waals surface area (Å²) in [7, 11) is 0. The van der Waals surface area contributed by atoms with Crippen LogP contribution in [0.5, 0.6) is 0 Å². The van der Waals surface area contributed by atoms with Gasteiger partial charge in [-0.25, -0.2) is 0 Å². The molecule has 0 aromatic heterocycles. The standard InChI is InChI=1S/C20H19N3O2/c1-14(24)16-8-9-17(12-21)18(11-16)22-13-20(25)23-10-4-6-15-5-2-3-7-19(15)23/h2-3,5,7-9,11,22H,4,6,10,13H2,1H3. The van der Waals surface area contributed by atoms with E-state index in [-0.39, 0.29) is 18.2 Å². The van der Waals surface area contributed by atoms with Gasteiger partial charge in [-0.3, -0.25) is 9.59 Å². The number of carbonyl (C=O) groups excluding carboxylic acids is 2. The van der Waals surface area contributed by atoms with E-state index >= 15 is 0 Å². The number of para-hydroxylation sites is 1. The summed E-state index contributed by atoms with van der Waals surface area (Å²) < 4.78 is 0. The van der Waals surface area contributed by atoms with Crippen LogP contribution in [0.4, 0.5) is 11.4 Å². The molecule has 1 aliphatic rings. The highest BCUT2D eigenvalue weighted by molar-refractivity contribution is 5.98. The fraction of sp³-hybridized carbons (Fsp3) is 0.250. The van der Waals surface area contributed by atoms with Crippen molar-refractivity contribution in [2.75, 3.05) is 23.3 Å². The van der Waals surface area contributed by atoms with Gasteiger partial charge in [0.15, 0.2) is 5.78 Å². The maximum atomic E-state index is 12.7. The van der Waals surface area contributed by atoms with Gasteiger partial charge >= 0.3 is 0 Å². The first kappa shape index (κ1) is 16.7. The molecule has 0 fully saturated rings. The van der Waals surface area contributed by atoms with Gasteiger partial charge in [0.2, 0.25) is 5.91 Å². The van der Waals surface area contributed by atoms with Crippen LogP contribution in [0, 0.1) is 11.3 Å². The predicted octanol–water partition coefficient (Wildman–Crippen LogP) is 3.15. The lowest BCUT2D eigenvalue weighted by Gasteiger charge is -2.29. The van der Waals surface area contributed by atoms with Crippen LogP contribution in [0.1, 0.15) is 34.8 Å². The van der Waals surface area contributed by atoms with Gasteiger partial charge in [-0.1, -0.05) is 18.2 Å². The van der Waals surface area contributed by atoms with E-state index in [1.807, 2.05) is 24.3 Å². The van der Waals surface area contributed by atoms with E-state index in [0.717, 1.165) is 18.5 Å². The second kappa shape index (κ2) is 7.18. The van der Waals surface area contributed by atoms with Crippen LogP contribution < -0.4 is 10.2 Å². The Balaban J connectivity index is 1.77. The Morgan fingerprint density at radius 2 is 2.04 bits per heavy atom. The average molecular weight is 333 g/mol. The topological polar surface area (TPSA) is 73.2 Å². The van der Waals surface area contributed by atoms with E-state index in [4.69, 9.17) is 0 Å². The molecule has 0 saturated heterocycles. The Kier molecular flexibility index (Phi) is 4.80. The summed E-state index contributed by atoms with van der Waals surface area (Å²) in [4.78, 5) is 26.0. The van der Waals surface area contributed by atoms with Crippen molar-refractivity contribution >= 4 is 23.1 Å². The number of carbonyl (C=O) groups is 2. The highest BCUT2D eigenvalue weighted by Gasteiger charge is 2.22. The van der Waals surface area contributed by atoms with Gasteiger partial charge in [-0.05, 0) is 49.6 Å². The number of nitrogens with zero attached hydrogens (tertiary/aromatic N) is 2. The van der Waals surface area contributed by atoms with Crippen LogP contribution in [-0.2, 0) is 11.2 Å². The number of fused-ring (bicyclic) bond motifs is 1. The summed E-state index contributed by atoms with van der Waals surface area (Å²) >= 11 is 0. The van der Waals surface area contributed by atoms with Gasteiger partial charge in [-0.2, -0.15) is 5.26 Å². The number of Topliss-reactive ketones (excluding diaryl/α,β-unsaturated/α-hetero) is 1. The fourth-order valence-corrected chi connectivity index (χ4v) is 3.07. The molecule has 126 valence electrons. The minimum atomic E-state index is -0.0798. The molecule has 2 aromatic carbocycles. The lowest BCUT2D eigenvalue weighted by molar-refractivity contribution is -0.117. The van der Waals surface area contributed by atoms with Crippen LogP contribution in [0.25, 0.3) is 0 Å². The third kappa shape index (κ3) is 3.53. The molecule has 1 heterocycles. The van der Waals surface area contributed by atoms with Crippen molar-refractivity contribution in [1.29, 1.82) is 5.26 Å². The largest absolute Gasteiger partial charge is 0.375 e. The quantitative estimate of drug-likeness (QED) is 0.872. The summed E-state index contributed by atoms with van der Waals surface area (Å²) in [5, 5.41) is 12.2. The second-order valence-electron chi connectivity index (χ2n) is 6.06. The predicted molar refractivity (Wildman–Crippen MR) is 96.8 cm³/mol. The number of hydrogen-bond acceptors (Lipinski definition) is 4. The molecule has 0 saturated carbocycles. The van der Waals surface area contributed by atoms with Crippen molar-refractivity contribution in [3.8, 4) is 6.07 Å². The summed E-state index contributed by atoms with van der Waals surface area (Å²) in [6.07, 6.45) is 1.92. The SMILES string of the molecule is CC(=O)c1ccc(C#N)c(NCC(=O)N2CCCc3ccccc32)c1. The van der Waals surface area contributed by atoms with Crippen LogP contribution >= 0.6 is 0 Å². The number of rotatable bonds is 4. The number of amides is 1. The van der Waals surface area contributed by atoms with E-state index in [9.17, 15) is 14.9 Å². The summed E-state index contributed by atoms with van der Waals surface area (Å²) in [6.45, 7) is 2.24. The molecule has 5 nitrogen and oxygen atoms in total. The summed E-state index contributed by atoms with van der Waals surface area (Å²) in [5.41, 5.74) is 3.57. The monoisotopic (exact) mass is 333 g/mol. The van der Waals surface area contributed by atoms with Crippen LogP contribution in [0.3, 0.4) is 0 Å². The zero-order valence-electron chi connectivity index (χ0n) is 14.1. The van der Waals surface area contributed by atoms with Crippen LogP contribution in [-0.4, -0.2) is 24.8 Å². The molecule has 0 radical (unpaired) electrons. The molecule has 5 heteroatoms. The molecule has 0 spiro atoms. The molecule has 2 aromatic rings. The van der Waals surface area contributed by atoms with E-state index in [2.05, 4.69) is 11.4 Å². The Morgan fingerprint density at radius 1 is 1.24 bits per heavy atom. The highest BCUT2D eigenvalue weighted by Crippen LogP contribution is 2.27. The molecule has 0 bridgehead atoms. The van der Waals surface area contributed by atoms with Gasteiger partial charge in [0.1, 0.15) is 6.07 Å². The maximum absolute atomic E-state index is 12.7. The minimum absolute atomic E-state index is 0.0516. The molecular formula is C20H19N3O2. The van der Waals surface area contributed by atoms with Gasteiger partial charge in [0.05, 0.1) is 17.8 Å². The lowest BCUT2D eigenvalue weighted by atomic mass is 10.0. The molecule has 3 rings (SSSR count). The normalized spacial score (nSPS) is 12.9. The first-order valence-corrected chi connectivity index (χ1v) is 8.27. The maximum Gasteiger partial charge on any atom is 0.246 e. The molecule has 0 aliphatic carbocycles. The number of hydrogen-bond donors (Lipinski definition) is 1. The third-order valence-corrected chi connectivity index (χ3v) is 4.39. The summed E-state index contributed by atoms with van der Waals surface area (Å²) in [6, 6.07) is 14.8. The molecule has 0 atom stereocenters. The first-order chi connectivity index (χ1) is 12.1. The van der Waals surface area contributed by atoms with Crippen LogP contribution in [0.15, 0.2) is 42.5 Å². The number of benzene rings is 2. The van der Waals surface area contributed by atoms with E-state index in [1.54, 1.807) is 23.1 Å². The number of nitriles is 1. The molecule has 1 N–H and O–H groups in total. The van der Waals surface area contributed by atoms with Gasteiger partial charge in [0.25, 0.3) is 0 Å². The fourth-order valence-electron chi connectivity index (χ4n) is 3.07. The Hall–Kier alpha value is -3.13. The number of aryl methyl sites for hydroxylation is 1. The minimum Gasteiger partial charge on any atom is -0.375 e. The number of anilines is 2. The molecule has 0 unspecified atom stereocenters. The van der Waals surface area contributed by atoms with Crippen molar-refractivity contribution in [1.82, 2.24) is 0 Å². The molecule has 1 aliphatic heterocycles. The molecule has 25 heavy (non-hydrogen) atoms. The van der Waals surface area contributed by atoms with Gasteiger partial charge < -0.3 is 10.2 Å². The van der Waals surface area contributed by atoms with Crippen molar-refractivity contribution in [2.45, 2.75) is 19.8 Å². The van der Waals surface area contributed by atoms with Crippen molar-refractivity contribution in [2.24, 2.45) is 0 Å². The van der Waals surface area contributed by atoms with E-state index in [0.29, 0.717) is 23.4 Å². The number of nitrogens with one attached hydrogen (secondary N) is 1. The Labute approximate surface area is 146 Å². The van der Waals surface area contributed by atoms with Crippen molar-refractivity contribution in [3.63, 3.8) is 0 Å². The van der Waals surface area contributed by atoms with Crippen molar-refractivity contribution < 1.29 is 9.59 Å². The third-order valence-electron chi connectivity index (χ3n) is 4.39.